The summed E-state index contributed by atoms with van der Waals surface area (Å²) in [5.74, 6) is 0. The van der Waals surface area contributed by atoms with Crippen molar-refractivity contribution in [2.45, 2.75) is 59.0 Å². The van der Waals surface area contributed by atoms with Crippen LogP contribution >= 0.6 is 0 Å². The zero-order chi connectivity index (χ0) is 11.8. The Morgan fingerprint density at radius 1 is 1.25 bits per heavy atom. The zero-order valence-corrected chi connectivity index (χ0v) is 11.0. The number of nitrogens with one attached hydrogen (secondary N) is 1. The second-order valence-electron chi connectivity index (χ2n) is 4.52. The van der Waals surface area contributed by atoms with E-state index in [0.29, 0.717) is 6.04 Å². The van der Waals surface area contributed by atoms with E-state index in [9.17, 15) is 0 Å². The molecule has 16 heavy (non-hydrogen) atoms. The van der Waals surface area contributed by atoms with Crippen molar-refractivity contribution in [3.63, 3.8) is 0 Å². The van der Waals surface area contributed by atoms with E-state index in [-0.39, 0.29) is 0 Å². The topological polar surface area (TPSA) is 17.0 Å². The number of unbranched alkanes of at least 4 members (excludes halogenated alkanes) is 3. The van der Waals surface area contributed by atoms with E-state index in [2.05, 4.69) is 49.1 Å². The Labute approximate surface area is 100 Å². The maximum atomic E-state index is 3.44. The van der Waals surface area contributed by atoms with Crippen molar-refractivity contribution in [3.05, 3.63) is 24.0 Å². The Morgan fingerprint density at radius 2 is 2.06 bits per heavy atom. The van der Waals surface area contributed by atoms with E-state index in [4.69, 9.17) is 0 Å². The molecular formula is C14H26N2. The number of nitrogens with zero attached hydrogens (tertiary/aromatic N) is 1. The van der Waals surface area contributed by atoms with Crippen LogP contribution in [0.5, 0.6) is 0 Å². The van der Waals surface area contributed by atoms with E-state index in [1.807, 2.05) is 0 Å². The molecule has 0 aromatic carbocycles. The van der Waals surface area contributed by atoms with E-state index in [1.165, 1.54) is 37.8 Å². The summed E-state index contributed by atoms with van der Waals surface area (Å²) in [6.45, 7) is 8.83. The molecule has 1 N–H and O–H groups in total. The number of rotatable bonds is 8. The highest BCUT2D eigenvalue weighted by Gasteiger charge is 2.04. The van der Waals surface area contributed by atoms with Gasteiger partial charge in [0, 0.05) is 25.0 Å². The molecule has 0 fully saturated rings. The summed E-state index contributed by atoms with van der Waals surface area (Å²) >= 11 is 0. The predicted molar refractivity (Wildman–Crippen MR) is 70.7 cm³/mol. The molecule has 0 amide bonds. The van der Waals surface area contributed by atoms with Crippen molar-refractivity contribution < 1.29 is 0 Å². The molecule has 1 rings (SSSR count). The average Bonchev–Trinajstić information content (AvgIpc) is 2.73. The highest BCUT2D eigenvalue weighted by atomic mass is 15.0. The van der Waals surface area contributed by atoms with Gasteiger partial charge in [-0.1, -0.05) is 33.1 Å². The van der Waals surface area contributed by atoms with Crippen LogP contribution in [-0.2, 0) is 6.54 Å². The lowest BCUT2D eigenvalue weighted by atomic mass is 10.2. The minimum absolute atomic E-state index is 0.474. The third-order valence-electron chi connectivity index (χ3n) is 3.05. The summed E-state index contributed by atoms with van der Waals surface area (Å²) in [5, 5.41) is 3.44. The SMILES string of the molecule is CCCCCCn1ccc(C(C)NCC)c1. The van der Waals surface area contributed by atoms with Crippen LogP contribution in [0.25, 0.3) is 0 Å². The average molecular weight is 222 g/mol. The fraction of sp³-hybridized carbons (Fsp3) is 0.714. The Morgan fingerprint density at radius 3 is 2.75 bits per heavy atom. The molecule has 0 saturated heterocycles. The van der Waals surface area contributed by atoms with Crippen molar-refractivity contribution in [2.75, 3.05) is 6.54 Å². The summed E-state index contributed by atoms with van der Waals surface area (Å²) in [5.41, 5.74) is 1.40. The minimum atomic E-state index is 0.474. The molecule has 0 radical (unpaired) electrons. The first-order valence-electron chi connectivity index (χ1n) is 6.67. The van der Waals surface area contributed by atoms with E-state index >= 15 is 0 Å². The van der Waals surface area contributed by atoms with Crippen LogP contribution in [0.1, 0.15) is 58.1 Å². The number of aryl methyl sites for hydroxylation is 1. The lowest BCUT2D eigenvalue weighted by molar-refractivity contribution is 0.574. The summed E-state index contributed by atoms with van der Waals surface area (Å²) in [7, 11) is 0. The van der Waals surface area contributed by atoms with Crippen LogP contribution in [0.4, 0.5) is 0 Å². The van der Waals surface area contributed by atoms with Gasteiger partial charge in [-0.15, -0.1) is 0 Å². The van der Waals surface area contributed by atoms with Gasteiger partial charge >= 0.3 is 0 Å². The van der Waals surface area contributed by atoms with Gasteiger partial charge in [-0.3, -0.25) is 0 Å². The first-order chi connectivity index (χ1) is 7.77. The molecule has 1 atom stereocenters. The quantitative estimate of drug-likeness (QED) is 0.663. The van der Waals surface area contributed by atoms with Gasteiger partial charge in [0.15, 0.2) is 0 Å². The summed E-state index contributed by atoms with van der Waals surface area (Å²) in [6, 6.07) is 2.70. The van der Waals surface area contributed by atoms with Crippen molar-refractivity contribution in [1.29, 1.82) is 0 Å². The van der Waals surface area contributed by atoms with Crippen LogP contribution in [0.3, 0.4) is 0 Å². The van der Waals surface area contributed by atoms with E-state index in [0.717, 1.165) is 6.54 Å². The third-order valence-corrected chi connectivity index (χ3v) is 3.05. The van der Waals surface area contributed by atoms with Crippen LogP contribution in [0.2, 0.25) is 0 Å². The van der Waals surface area contributed by atoms with Gasteiger partial charge in [0.25, 0.3) is 0 Å². The van der Waals surface area contributed by atoms with Gasteiger partial charge in [0.05, 0.1) is 0 Å². The molecule has 1 unspecified atom stereocenters. The van der Waals surface area contributed by atoms with Crippen molar-refractivity contribution in [2.24, 2.45) is 0 Å². The molecule has 0 aliphatic rings. The van der Waals surface area contributed by atoms with Crippen LogP contribution < -0.4 is 5.32 Å². The molecule has 0 aliphatic carbocycles. The molecular weight excluding hydrogens is 196 g/mol. The number of hydrogen-bond acceptors (Lipinski definition) is 1. The van der Waals surface area contributed by atoms with Gasteiger partial charge in [0.1, 0.15) is 0 Å². The normalized spacial score (nSPS) is 12.9. The van der Waals surface area contributed by atoms with Crippen LogP contribution in [0.15, 0.2) is 18.5 Å². The lowest BCUT2D eigenvalue weighted by Gasteiger charge is -2.09. The van der Waals surface area contributed by atoms with E-state index < -0.39 is 0 Å². The van der Waals surface area contributed by atoms with Crippen LogP contribution in [0, 0.1) is 0 Å². The fourth-order valence-electron chi connectivity index (χ4n) is 2.00. The zero-order valence-electron chi connectivity index (χ0n) is 11.0. The molecule has 0 spiro atoms. The highest BCUT2D eigenvalue weighted by molar-refractivity contribution is 5.14. The maximum Gasteiger partial charge on any atom is 0.0306 e. The maximum absolute atomic E-state index is 3.44. The first kappa shape index (κ1) is 13.3. The second kappa shape index (κ2) is 7.50. The number of aromatic nitrogens is 1. The fourth-order valence-corrected chi connectivity index (χ4v) is 2.00. The van der Waals surface area contributed by atoms with Gasteiger partial charge in [-0.25, -0.2) is 0 Å². The Bertz CT molecular complexity index is 278. The lowest BCUT2D eigenvalue weighted by Crippen LogP contribution is -2.17. The van der Waals surface area contributed by atoms with E-state index in [1.54, 1.807) is 0 Å². The molecule has 92 valence electrons. The monoisotopic (exact) mass is 222 g/mol. The van der Waals surface area contributed by atoms with Crippen LogP contribution in [-0.4, -0.2) is 11.1 Å². The van der Waals surface area contributed by atoms with Crippen molar-refractivity contribution in [1.82, 2.24) is 9.88 Å². The molecule has 1 heterocycles. The largest absolute Gasteiger partial charge is 0.354 e. The summed E-state index contributed by atoms with van der Waals surface area (Å²) in [6.07, 6.45) is 9.81. The Balaban J connectivity index is 2.33. The van der Waals surface area contributed by atoms with Crippen molar-refractivity contribution in [3.8, 4) is 0 Å². The first-order valence-corrected chi connectivity index (χ1v) is 6.67. The van der Waals surface area contributed by atoms with Gasteiger partial charge in [-0.05, 0) is 31.5 Å². The van der Waals surface area contributed by atoms with Gasteiger partial charge < -0.3 is 9.88 Å². The molecule has 0 bridgehead atoms. The van der Waals surface area contributed by atoms with Crippen molar-refractivity contribution >= 4 is 0 Å². The third kappa shape index (κ3) is 4.40. The summed E-state index contributed by atoms with van der Waals surface area (Å²) < 4.78 is 2.32. The molecule has 0 aliphatic heterocycles. The van der Waals surface area contributed by atoms with Gasteiger partial charge in [-0.2, -0.15) is 0 Å². The molecule has 2 nitrogen and oxygen atoms in total. The predicted octanol–water partition coefficient (Wildman–Crippen LogP) is 3.74. The Kier molecular flexibility index (Phi) is 6.24. The molecule has 0 saturated carbocycles. The minimum Gasteiger partial charge on any atom is -0.354 e. The molecule has 1 aromatic heterocycles. The standard InChI is InChI=1S/C14H26N2/c1-4-6-7-8-10-16-11-9-14(12-16)13(3)15-5-2/h9,11-13,15H,4-8,10H2,1-3H3. The highest BCUT2D eigenvalue weighted by Crippen LogP contribution is 2.13. The smallest absolute Gasteiger partial charge is 0.0306 e. The molecule has 2 heteroatoms. The summed E-state index contributed by atoms with van der Waals surface area (Å²) in [4.78, 5) is 0. The Hall–Kier alpha value is -0.760. The second-order valence-corrected chi connectivity index (χ2v) is 4.52. The van der Waals surface area contributed by atoms with Gasteiger partial charge in [0.2, 0.25) is 0 Å². The molecule has 1 aromatic rings. The number of hydrogen-bond donors (Lipinski definition) is 1.